The zero-order valence-corrected chi connectivity index (χ0v) is 16.2. The first-order valence-electron chi connectivity index (χ1n) is 8.59. The molecule has 21 heavy (non-hydrogen) atoms. The maximum Gasteiger partial charge on any atom is 0.319 e. The van der Waals surface area contributed by atoms with Gasteiger partial charge in [-0.1, -0.05) is 79.7 Å². The summed E-state index contributed by atoms with van der Waals surface area (Å²) in [6.07, 6.45) is 7.22. The predicted octanol–water partition coefficient (Wildman–Crippen LogP) is 6.23. The average Bonchev–Trinajstić information content (AvgIpc) is 2.37. The van der Waals surface area contributed by atoms with Gasteiger partial charge in [0.05, 0.1) is 0 Å². The third kappa shape index (κ3) is 6.81. The Kier molecular flexibility index (Phi) is 9.19. The van der Waals surface area contributed by atoms with Crippen molar-refractivity contribution >= 4 is 14.3 Å². The molecule has 124 valence electrons. The first-order valence-corrected chi connectivity index (χ1v) is 10.9. The van der Waals surface area contributed by atoms with Gasteiger partial charge >= 0.3 is 5.97 Å². The van der Waals surface area contributed by atoms with Crippen molar-refractivity contribution in [1.82, 2.24) is 0 Å². The molecule has 0 N–H and O–H groups in total. The quantitative estimate of drug-likeness (QED) is 0.271. The fraction of sp³-hybridized carbons (Fsp3) is 0.833. The largest absolute Gasteiger partial charge is 0.515 e. The Bertz CT molecular complexity index is 319. The highest BCUT2D eigenvalue weighted by atomic mass is 28.4. The Morgan fingerprint density at radius 1 is 1.00 bits per heavy atom. The fourth-order valence-electron chi connectivity index (χ4n) is 2.72. The highest BCUT2D eigenvalue weighted by molar-refractivity contribution is 6.78. The first kappa shape index (κ1) is 20.4. The standard InChI is InChI=1S/C18H36O2Si/c1-8-10-12-14-21(18(5,6)7,15-13-11-9-2)20-17(19)16(3)4/h3,8-15H2,1-2,4-7H3. The first-order chi connectivity index (χ1) is 9.70. The lowest BCUT2D eigenvalue weighted by Gasteiger charge is -2.42. The van der Waals surface area contributed by atoms with Gasteiger partial charge in [-0.25, -0.2) is 4.79 Å². The molecular formula is C18H36O2Si. The van der Waals surface area contributed by atoms with Gasteiger partial charge in [0.25, 0.3) is 8.32 Å². The van der Waals surface area contributed by atoms with Crippen molar-refractivity contribution in [2.75, 3.05) is 0 Å². The van der Waals surface area contributed by atoms with Crippen LogP contribution in [0, 0.1) is 0 Å². The predicted molar refractivity (Wildman–Crippen MR) is 95.0 cm³/mol. The molecule has 2 nitrogen and oxygen atoms in total. The van der Waals surface area contributed by atoms with Crippen LogP contribution in [0.25, 0.3) is 0 Å². The van der Waals surface area contributed by atoms with Crippen LogP contribution in [0.4, 0.5) is 0 Å². The molecule has 0 heterocycles. The Balaban J connectivity index is 5.18. The summed E-state index contributed by atoms with van der Waals surface area (Å²) in [6.45, 7) is 16.7. The van der Waals surface area contributed by atoms with Crippen LogP contribution in [0.3, 0.4) is 0 Å². The summed E-state index contributed by atoms with van der Waals surface area (Å²) < 4.78 is 6.16. The van der Waals surface area contributed by atoms with Gasteiger partial charge in [0.2, 0.25) is 0 Å². The van der Waals surface area contributed by atoms with Crippen LogP contribution in [-0.4, -0.2) is 14.3 Å². The van der Waals surface area contributed by atoms with Crippen molar-refractivity contribution in [2.45, 2.75) is 97.2 Å². The normalized spacial score (nSPS) is 12.3. The topological polar surface area (TPSA) is 26.3 Å². The van der Waals surface area contributed by atoms with Gasteiger partial charge < -0.3 is 4.43 Å². The molecule has 0 rings (SSSR count). The van der Waals surface area contributed by atoms with E-state index >= 15 is 0 Å². The van der Waals surface area contributed by atoms with Crippen LogP contribution in [-0.2, 0) is 9.22 Å². The molecule has 0 atom stereocenters. The Hall–Kier alpha value is -0.573. The number of hydrogen-bond acceptors (Lipinski definition) is 2. The minimum atomic E-state index is -2.11. The van der Waals surface area contributed by atoms with E-state index in [0.29, 0.717) is 5.57 Å². The molecule has 0 aromatic carbocycles. The highest BCUT2D eigenvalue weighted by Gasteiger charge is 2.48. The second-order valence-electron chi connectivity index (χ2n) is 7.33. The number of rotatable bonds is 10. The number of carbonyl (C=O) groups is 1. The van der Waals surface area contributed by atoms with Gasteiger partial charge in [-0.3, -0.25) is 0 Å². The van der Waals surface area contributed by atoms with Crippen molar-refractivity contribution < 1.29 is 9.22 Å². The van der Waals surface area contributed by atoms with Crippen molar-refractivity contribution in [1.29, 1.82) is 0 Å². The lowest BCUT2D eigenvalue weighted by Crippen LogP contribution is -2.48. The number of hydrogen-bond donors (Lipinski definition) is 0. The van der Waals surface area contributed by atoms with Gasteiger partial charge in [-0.05, 0) is 24.1 Å². The fourth-order valence-corrected chi connectivity index (χ4v) is 7.15. The zero-order valence-electron chi connectivity index (χ0n) is 15.2. The lowest BCUT2D eigenvalue weighted by molar-refractivity contribution is -0.131. The molecule has 0 fully saturated rings. The van der Waals surface area contributed by atoms with Gasteiger partial charge in [0.1, 0.15) is 0 Å². The molecule has 0 bridgehead atoms. The molecule has 0 amide bonds. The number of carbonyl (C=O) groups excluding carboxylic acids is 1. The molecule has 0 aliphatic rings. The highest BCUT2D eigenvalue weighted by Crippen LogP contribution is 2.45. The van der Waals surface area contributed by atoms with Crippen LogP contribution < -0.4 is 0 Å². The Labute approximate surface area is 133 Å². The molecule has 0 aromatic heterocycles. The molecule has 0 saturated heterocycles. The minimum absolute atomic E-state index is 0.0829. The van der Waals surface area contributed by atoms with Gasteiger partial charge in [-0.15, -0.1) is 0 Å². The van der Waals surface area contributed by atoms with Gasteiger partial charge in [0.15, 0.2) is 0 Å². The van der Waals surface area contributed by atoms with Crippen molar-refractivity contribution in [3.8, 4) is 0 Å². The van der Waals surface area contributed by atoms with E-state index in [9.17, 15) is 4.79 Å². The summed E-state index contributed by atoms with van der Waals surface area (Å²) in [6, 6.07) is 2.18. The summed E-state index contributed by atoms with van der Waals surface area (Å²) >= 11 is 0. The SMILES string of the molecule is C=C(C)C(=O)O[Si](CCCCC)(CCCCC)C(C)(C)C. The summed E-state index contributed by atoms with van der Waals surface area (Å²) in [5.74, 6) is -0.176. The van der Waals surface area contributed by atoms with E-state index in [2.05, 4.69) is 41.2 Å². The van der Waals surface area contributed by atoms with Crippen molar-refractivity contribution in [3.05, 3.63) is 12.2 Å². The molecule has 0 spiro atoms. The average molecular weight is 313 g/mol. The molecule has 0 aliphatic carbocycles. The van der Waals surface area contributed by atoms with Crippen LogP contribution in [0.1, 0.15) is 80.1 Å². The molecule has 0 saturated carbocycles. The van der Waals surface area contributed by atoms with Crippen molar-refractivity contribution in [2.24, 2.45) is 0 Å². The van der Waals surface area contributed by atoms with E-state index in [-0.39, 0.29) is 11.0 Å². The molecule has 0 aliphatic heterocycles. The van der Waals surface area contributed by atoms with E-state index < -0.39 is 8.32 Å². The van der Waals surface area contributed by atoms with Crippen LogP contribution in [0.5, 0.6) is 0 Å². The molecule has 0 aromatic rings. The minimum Gasteiger partial charge on any atom is -0.515 e. The molecular weight excluding hydrogens is 276 g/mol. The summed E-state index contributed by atoms with van der Waals surface area (Å²) in [7, 11) is -2.11. The van der Waals surface area contributed by atoms with E-state index in [1.807, 2.05) is 0 Å². The van der Waals surface area contributed by atoms with Gasteiger partial charge in [-0.2, -0.15) is 0 Å². The molecule has 0 unspecified atom stereocenters. The van der Waals surface area contributed by atoms with Crippen molar-refractivity contribution in [3.63, 3.8) is 0 Å². The summed E-state index contributed by atoms with van der Waals surface area (Å²) in [5.41, 5.74) is 0.530. The van der Waals surface area contributed by atoms with E-state index in [1.54, 1.807) is 6.92 Å². The second-order valence-corrected chi connectivity index (χ2v) is 12.0. The molecule has 3 heteroatoms. The Morgan fingerprint density at radius 2 is 1.43 bits per heavy atom. The smallest absolute Gasteiger partial charge is 0.319 e. The molecule has 0 radical (unpaired) electrons. The van der Waals surface area contributed by atoms with E-state index in [1.165, 1.54) is 38.5 Å². The summed E-state index contributed by atoms with van der Waals surface area (Å²) in [4.78, 5) is 12.2. The maximum absolute atomic E-state index is 12.2. The van der Waals surface area contributed by atoms with Crippen LogP contribution in [0.2, 0.25) is 17.1 Å². The number of unbranched alkanes of at least 4 members (excludes halogenated alkanes) is 4. The van der Waals surface area contributed by atoms with E-state index in [0.717, 1.165) is 12.1 Å². The second kappa shape index (κ2) is 9.45. The monoisotopic (exact) mass is 312 g/mol. The maximum atomic E-state index is 12.2. The van der Waals surface area contributed by atoms with Gasteiger partial charge in [0, 0.05) is 5.57 Å². The third-order valence-electron chi connectivity index (χ3n) is 4.37. The lowest BCUT2D eigenvalue weighted by atomic mass is 10.2. The van der Waals surface area contributed by atoms with Crippen LogP contribution in [0.15, 0.2) is 12.2 Å². The van der Waals surface area contributed by atoms with Crippen LogP contribution >= 0.6 is 0 Å². The van der Waals surface area contributed by atoms with E-state index in [4.69, 9.17) is 4.43 Å². The zero-order chi connectivity index (χ0) is 16.5. The Morgan fingerprint density at radius 3 is 1.71 bits per heavy atom. The third-order valence-corrected chi connectivity index (χ3v) is 10.0. The summed E-state index contributed by atoms with van der Waals surface area (Å²) in [5, 5.41) is 0.0829.